The molecule has 196 valence electrons. The first-order chi connectivity index (χ1) is 18.4. The fourth-order valence-electron chi connectivity index (χ4n) is 6.83. The molecule has 3 saturated heterocycles. The Kier molecular flexibility index (Phi) is 6.40. The predicted octanol–water partition coefficient (Wildman–Crippen LogP) is 4.14. The highest BCUT2D eigenvalue weighted by atomic mass is 32.2. The number of carbonyl (C=O) groups excluding carboxylic acids is 3. The largest absolute Gasteiger partial charge is 0.396 e. The molecule has 0 aliphatic carbocycles. The van der Waals surface area contributed by atoms with E-state index < -0.39 is 22.6 Å². The molecule has 7 nitrogen and oxygen atoms in total. The first-order valence-electron chi connectivity index (χ1n) is 13.2. The van der Waals surface area contributed by atoms with E-state index in [1.807, 2.05) is 72.8 Å². The standard InChI is InChI=1S/C30H31N3O4S/c1-18-16-23-24(27(35)31-21-10-3-2-4-11-21)25-29(37)33(14-7-15-34)26(30(18,25)38-23)28(36)32-22-13-12-19-8-5-6-9-20(19)17-22/h2-6,8-13,17-18,23-26,34H,7,14-16H2,1H3,(H,31,35)(H,32,36)/t18?,23-,24+,25+,26?,30?/m1/s1. The Bertz CT molecular complexity index is 1400. The summed E-state index contributed by atoms with van der Waals surface area (Å²) in [6, 6.07) is 22.3. The molecule has 3 aliphatic rings. The molecule has 6 rings (SSSR count). The van der Waals surface area contributed by atoms with E-state index in [4.69, 9.17) is 0 Å². The average Bonchev–Trinajstić information content (AvgIpc) is 3.51. The van der Waals surface area contributed by atoms with Gasteiger partial charge in [-0.25, -0.2) is 0 Å². The molecule has 1 spiro atoms. The summed E-state index contributed by atoms with van der Waals surface area (Å²) in [5.41, 5.74) is 1.37. The molecule has 3 aromatic carbocycles. The first kappa shape index (κ1) is 24.9. The van der Waals surface area contributed by atoms with Crippen LogP contribution in [0.25, 0.3) is 10.8 Å². The average molecular weight is 530 g/mol. The Morgan fingerprint density at radius 1 is 0.974 bits per heavy atom. The SMILES string of the molecule is CC1C[C@H]2SC13C(C(=O)Nc1ccc4ccccc4c1)N(CCCO)C(=O)[C@@H]3[C@H]2C(=O)Nc1ccccc1. The maximum absolute atomic E-state index is 14.0. The smallest absolute Gasteiger partial charge is 0.248 e. The fraction of sp³-hybridized carbons (Fsp3) is 0.367. The van der Waals surface area contributed by atoms with Crippen molar-refractivity contribution in [3.8, 4) is 0 Å². The van der Waals surface area contributed by atoms with Gasteiger partial charge in [0.25, 0.3) is 0 Å². The van der Waals surface area contributed by atoms with E-state index in [9.17, 15) is 19.5 Å². The van der Waals surface area contributed by atoms with Crippen molar-refractivity contribution in [3.63, 3.8) is 0 Å². The van der Waals surface area contributed by atoms with E-state index in [1.54, 1.807) is 16.7 Å². The number of thioether (sulfide) groups is 1. The zero-order chi connectivity index (χ0) is 26.4. The molecule has 8 heteroatoms. The van der Waals surface area contributed by atoms with Gasteiger partial charge in [0.2, 0.25) is 17.7 Å². The zero-order valence-corrected chi connectivity index (χ0v) is 22.0. The van der Waals surface area contributed by atoms with Crippen LogP contribution < -0.4 is 10.6 Å². The van der Waals surface area contributed by atoms with Gasteiger partial charge in [-0.1, -0.05) is 55.5 Å². The lowest BCUT2D eigenvalue weighted by atomic mass is 9.66. The summed E-state index contributed by atoms with van der Waals surface area (Å²) >= 11 is 1.65. The Hall–Kier alpha value is -3.36. The number of aliphatic hydroxyl groups is 1. The molecule has 6 atom stereocenters. The molecule has 2 bridgehead atoms. The molecule has 3 N–H and O–H groups in total. The van der Waals surface area contributed by atoms with Crippen molar-refractivity contribution in [2.24, 2.45) is 17.8 Å². The highest BCUT2D eigenvalue weighted by molar-refractivity contribution is 8.02. The molecule has 3 aliphatic heterocycles. The molecular weight excluding hydrogens is 498 g/mol. The monoisotopic (exact) mass is 529 g/mol. The zero-order valence-electron chi connectivity index (χ0n) is 21.2. The summed E-state index contributed by atoms with van der Waals surface area (Å²) in [5, 5.41) is 17.7. The molecule has 3 heterocycles. The van der Waals surface area contributed by atoms with Gasteiger partial charge in [-0.2, -0.15) is 0 Å². The molecule has 3 amide bonds. The van der Waals surface area contributed by atoms with E-state index in [2.05, 4.69) is 17.6 Å². The van der Waals surface area contributed by atoms with Crippen LogP contribution in [0, 0.1) is 17.8 Å². The molecule has 3 fully saturated rings. The van der Waals surface area contributed by atoms with Crippen molar-refractivity contribution in [2.45, 2.75) is 35.8 Å². The molecule has 0 aromatic heterocycles. The van der Waals surface area contributed by atoms with Crippen molar-refractivity contribution in [1.82, 2.24) is 4.90 Å². The number of likely N-dealkylation sites (tertiary alicyclic amines) is 1. The van der Waals surface area contributed by atoms with Crippen LogP contribution >= 0.6 is 11.8 Å². The highest BCUT2D eigenvalue weighted by Crippen LogP contribution is 2.68. The summed E-state index contributed by atoms with van der Waals surface area (Å²) in [6.45, 7) is 2.29. The summed E-state index contributed by atoms with van der Waals surface area (Å²) in [6.07, 6.45) is 1.15. The van der Waals surface area contributed by atoms with Crippen LogP contribution in [0.15, 0.2) is 72.8 Å². The van der Waals surface area contributed by atoms with Crippen LogP contribution in [0.4, 0.5) is 11.4 Å². The number of anilines is 2. The van der Waals surface area contributed by atoms with Gasteiger partial charge in [0.15, 0.2) is 0 Å². The lowest BCUT2D eigenvalue weighted by Gasteiger charge is -2.38. The number of aliphatic hydroxyl groups excluding tert-OH is 1. The van der Waals surface area contributed by atoms with Crippen LogP contribution in [-0.2, 0) is 14.4 Å². The topological polar surface area (TPSA) is 98.7 Å². The van der Waals surface area contributed by atoms with Crippen molar-refractivity contribution in [1.29, 1.82) is 0 Å². The van der Waals surface area contributed by atoms with Crippen molar-refractivity contribution >= 4 is 51.6 Å². The van der Waals surface area contributed by atoms with Gasteiger partial charge < -0.3 is 20.6 Å². The summed E-state index contributed by atoms with van der Waals surface area (Å²) in [4.78, 5) is 43.2. The summed E-state index contributed by atoms with van der Waals surface area (Å²) in [7, 11) is 0. The second-order valence-electron chi connectivity index (χ2n) is 10.6. The summed E-state index contributed by atoms with van der Waals surface area (Å²) < 4.78 is -0.698. The van der Waals surface area contributed by atoms with Crippen molar-refractivity contribution in [2.75, 3.05) is 23.8 Å². The van der Waals surface area contributed by atoms with Crippen LogP contribution in [0.5, 0.6) is 0 Å². The molecule has 0 radical (unpaired) electrons. The van der Waals surface area contributed by atoms with Gasteiger partial charge in [-0.15, -0.1) is 11.8 Å². The minimum absolute atomic E-state index is 0.0291. The second kappa shape index (κ2) is 9.75. The van der Waals surface area contributed by atoms with Gasteiger partial charge in [-0.05, 0) is 53.8 Å². The minimum Gasteiger partial charge on any atom is -0.396 e. The maximum atomic E-state index is 14.0. The van der Waals surface area contributed by atoms with Crippen LogP contribution in [-0.4, -0.2) is 56.9 Å². The number of nitrogens with zero attached hydrogens (tertiary/aromatic N) is 1. The number of hydrogen-bond acceptors (Lipinski definition) is 5. The summed E-state index contributed by atoms with van der Waals surface area (Å²) in [5.74, 6) is -1.59. The molecule has 3 aromatic rings. The lowest BCUT2D eigenvalue weighted by Crippen LogP contribution is -2.54. The molecule has 3 unspecified atom stereocenters. The first-order valence-corrected chi connectivity index (χ1v) is 14.1. The third-order valence-electron chi connectivity index (χ3n) is 8.41. The highest BCUT2D eigenvalue weighted by Gasteiger charge is 2.75. The third-order valence-corrected chi connectivity index (χ3v) is 10.5. The molecule has 0 saturated carbocycles. The van der Waals surface area contributed by atoms with E-state index >= 15 is 0 Å². The quantitative estimate of drug-likeness (QED) is 0.427. The van der Waals surface area contributed by atoms with Crippen LogP contribution in [0.1, 0.15) is 19.8 Å². The van der Waals surface area contributed by atoms with Gasteiger partial charge >= 0.3 is 0 Å². The number of para-hydroxylation sites is 1. The normalized spacial score (nSPS) is 29.5. The number of amides is 3. The number of nitrogens with one attached hydrogen (secondary N) is 2. The van der Waals surface area contributed by atoms with E-state index in [0.717, 1.165) is 17.2 Å². The van der Waals surface area contributed by atoms with Crippen molar-refractivity contribution < 1.29 is 19.5 Å². The van der Waals surface area contributed by atoms with E-state index in [-0.39, 0.29) is 42.0 Å². The Balaban J connectivity index is 1.34. The number of carbonyl (C=O) groups is 3. The fourth-order valence-corrected chi connectivity index (χ4v) is 9.25. The van der Waals surface area contributed by atoms with Crippen LogP contribution in [0.3, 0.4) is 0 Å². The Morgan fingerprint density at radius 2 is 1.68 bits per heavy atom. The predicted molar refractivity (Wildman–Crippen MR) is 150 cm³/mol. The van der Waals surface area contributed by atoms with Gasteiger partial charge in [0.05, 0.1) is 16.6 Å². The van der Waals surface area contributed by atoms with Gasteiger partial charge in [-0.3, -0.25) is 14.4 Å². The Labute approximate surface area is 226 Å². The Morgan fingerprint density at radius 3 is 2.45 bits per heavy atom. The number of hydrogen-bond donors (Lipinski definition) is 3. The number of benzene rings is 3. The maximum Gasteiger partial charge on any atom is 0.248 e. The molecular formula is C30H31N3O4S. The second-order valence-corrected chi connectivity index (χ2v) is 12.1. The van der Waals surface area contributed by atoms with Gasteiger partial charge in [0.1, 0.15) is 6.04 Å². The number of fused-ring (bicyclic) bond motifs is 2. The minimum atomic E-state index is -0.724. The van der Waals surface area contributed by atoms with E-state index in [1.165, 1.54) is 0 Å². The molecule has 38 heavy (non-hydrogen) atoms. The van der Waals surface area contributed by atoms with Crippen molar-refractivity contribution in [3.05, 3.63) is 72.8 Å². The van der Waals surface area contributed by atoms with E-state index in [0.29, 0.717) is 17.8 Å². The lowest BCUT2D eigenvalue weighted by molar-refractivity contribution is -0.138. The van der Waals surface area contributed by atoms with Gasteiger partial charge in [0, 0.05) is 29.8 Å². The third kappa shape index (κ3) is 3.89. The number of rotatable bonds is 7. The van der Waals surface area contributed by atoms with Crippen LogP contribution in [0.2, 0.25) is 0 Å².